The first kappa shape index (κ1) is 15.1. The van der Waals surface area contributed by atoms with E-state index in [0.29, 0.717) is 12.0 Å². The van der Waals surface area contributed by atoms with Crippen molar-refractivity contribution in [2.45, 2.75) is 71.9 Å². The van der Waals surface area contributed by atoms with Crippen LogP contribution in [0.25, 0.3) is 0 Å². The van der Waals surface area contributed by atoms with Crippen LogP contribution in [0.15, 0.2) is 12.1 Å². The van der Waals surface area contributed by atoms with E-state index in [0.717, 1.165) is 30.3 Å². The van der Waals surface area contributed by atoms with Gasteiger partial charge in [-0.3, -0.25) is 4.79 Å². The predicted molar refractivity (Wildman–Crippen MR) is 85.9 cm³/mol. The number of hydrogen-bond donors (Lipinski definition) is 0. The quantitative estimate of drug-likeness (QED) is 0.744. The molecule has 1 aromatic rings. The minimum Gasteiger partial charge on any atom is -0.363 e. The van der Waals surface area contributed by atoms with Crippen molar-refractivity contribution in [3.63, 3.8) is 0 Å². The van der Waals surface area contributed by atoms with Crippen LogP contribution in [-0.2, 0) is 0 Å². The number of rotatable bonds is 3. The number of anilines is 1. The summed E-state index contributed by atoms with van der Waals surface area (Å²) in [6, 6.07) is 4.83. The number of hydrogen-bond acceptors (Lipinski definition) is 2. The second kappa shape index (κ2) is 5.23. The molecule has 20 heavy (non-hydrogen) atoms. The highest BCUT2D eigenvalue weighted by atomic mass is 16.1. The van der Waals surface area contributed by atoms with Crippen LogP contribution in [0.4, 0.5) is 5.69 Å². The largest absolute Gasteiger partial charge is 0.363 e. The van der Waals surface area contributed by atoms with Crippen LogP contribution in [-0.4, -0.2) is 17.9 Å². The molecule has 0 fully saturated rings. The summed E-state index contributed by atoms with van der Waals surface area (Å²) in [5.74, 6) is 0.500. The summed E-state index contributed by atoms with van der Waals surface area (Å²) in [6.07, 6.45) is 3.24. The Hall–Kier alpha value is -1.31. The predicted octanol–water partition coefficient (Wildman–Crippen LogP) is 4.70. The SMILES string of the molecule is CC[C@H](C)N1c2cc(C)c(C=O)cc2[C@H](C)CC1(C)C. The summed E-state index contributed by atoms with van der Waals surface area (Å²) in [5, 5.41) is 0. The van der Waals surface area contributed by atoms with E-state index in [9.17, 15) is 4.79 Å². The van der Waals surface area contributed by atoms with Gasteiger partial charge < -0.3 is 4.90 Å². The molecule has 0 N–H and O–H groups in total. The molecule has 2 rings (SSSR count). The zero-order valence-electron chi connectivity index (χ0n) is 13.7. The third kappa shape index (κ3) is 2.36. The Morgan fingerprint density at radius 1 is 1.45 bits per heavy atom. The summed E-state index contributed by atoms with van der Waals surface area (Å²) in [6.45, 7) is 13.5. The lowest BCUT2D eigenvalue weighted by atomic mass is 9.78. The minimum absolute atomic E-state index is 0.164. The molecule has 0 unspecified atom stereocenters. The Balaban J connectivity index is 2.64. The number of nitrogens with zero attached hydrogens (tertiary/aromatic N) is 1. The molecule has 0 saturated carbocycles. The molecule has 2 nitrogen and oxygen atoms in total. The van der Waals surface area contributed by atoms with Gasteiger partial charge in [0.1, 0.15) is 6.29 Å². The number of aryl methyl sites for hydroxylation is 1. The number of benzene rings is 1. The van der Waals surface area contributed by atoms with Crippen LogP contribution >= 0.6 is 0 Å². The topological polar surface area (TPSA) is 20.3 Å². The molecule has 2 atom stereocenters. The van der Waals surface area contributed by atoms with Crippen molar-refractivity contribution in [3.05, 3.63) is 28.8 Å². The van der Waals surface area contributed by atoms with Gasteiger partial charge in [0.15, 0.2) is 0 Å². The number of carbonyl (C=O) groups is 1. The molecule has 0 amide bonds. The van der Waals surface area contributed by atoms with Crippen molar-refractivity contribution in [3.8, 4) is 0 Å². The molecule has 2 heteroatoms. The van der Waals surface area contributed by atoms with Gasteiger partial charge in [0.05, 0.1) is 0 Å². The normalized spacial score (nSPS) is 22.3. The fourth-order valence-corrected chi connectivity index (χ4v) is 3.76. The second-order valence-corrected chi connectivity index (χ2v) is 6.93. The second-order valence-electron chi connectivity index (χ2n) is 6.93. The maximum Gasteiger partial charge on any atom is 0.150 e. The van der Waals surface area contributed by atoms with Gasteiger partial charge in [-0.25, -0.2) is 0 Å². The van der Waals surface area contributed by atoms with Gasteiger partial charge in [0.25, 0.3) is 0 Å². The summed E-state index contributed by atoms with van der Waals surface area (Å²) in [7, 11) is 0. The first-order chi connectivity index (χ1) is 9.31. The van der Waals surface area contributed by atoms with Crippen LogP contribution in [0.1, 0.15) is 74.9 Å². The van der Waals surface area contributed by atoms with E-state index in [1.165, 1.54) is 11.3 Å². The van der Waals surface area contributed by atoms with Crippen molar-refractivity contribution >= 4 is 12.0 Å². The molecule has 0 radical (unpaired) electrons. The zero-order valence-corrected chi connectivity index (χ0v) is 13.7. The highest BCUT2D eigenvalue weighted by Gasteiger charge is 2.38. The minimum atomic E-state index is 0.164. The maximum absolute atomic E-state index is 11.2. The first-order valence-electron chi connectivity index (χ1n) is 7.71. The van der Waals surface area contributed by atoms with Gasteiger partial charge in [-0.15, -0.1) is 0 Å². The average Bonchev–Trinajstić information content (AvgIpc) is 2.36. The number of fused-ring (bicyclic) bond motifs is 1. The third-order valence-electron chi connectivity index (χ3n) is 4.82. The van der Waals surface area contributed by atoms with E-state index >= 15 is 0 Å². The van der Waals surface area contributed by atoms with Crippen LogP contribution in [0, 0.1) is 6.92 Å². The first-order valence-corrected chi connectivity index (χ1v) is 7.71. The van der Waals surface area contributed by atoms with E-state index in [1.54, 1.807) is 0 Å². The Bertz CT molecular complexity index is 518. The van der Waals surface area contributed by atoms with E-state index in [4.69, 9.17) is 0 Å². The number of carbonyl (C=O) groups excluding carboxylic acids is 1. The highest BCUT2D eigenvalue weighted by molar-refractivity contribution is 5.80. The van der Waals surface area contributed by atoms with Crippen molar-refractivity contribution in [2.75, 3.05) is 4.90 Å². The zero-order chi connectivity index (χ0) is 15.1. The lowest BCUT2D eigenvalue weighted by molar-refractivity contribution is 0.112. The lowest BCUT2D eigenvalue weighted by Gasteiger charge is -2.50. The van der Waals surface area contributed by atoms with Gasteiger partial charge in [0.2, 0.25) is 0 Å². The van der Waals surface area contributed by atoms with E-state index in [-0.39, 0.29) is 5.54 Å². The molecule has 0 bridgehead atoms. The summed E-state index contributed by atoms with van der Waals surface area (Å²) in [4.78, 5) is 13.8. The molecule has 1 aliphatic heterocycles. The van der Waals surface area contributed by atoms with Gasteiger partial charge in [-0.2, -0.15) is 0 Å². The molecule has 0 saturated heterocycles. The van der Waals surface area contributed by atoms with Gasteiger partial charge in [-0.05, 0) is 69.7 Å². The molecule has 1 heterocycles. The van der Waals surface area contributed by atoms with E-state index in [2.05, 4.69) is 51.7 Å². The molecule has 0 aliphatic carbocycles. The fraction of sp³-hybridized carbons (Fsp3) is 0.611. The smallest absolute Gasteiger partial charge is 0.150 e. The molecule has 1 aromatic carbocycles. The molecular formula is C18H27NO. The fourth-order valence-electron chi connectivity index (χ4n) is 3.76. The highest BCUT2D eigenvalue weighted by Crippen LogP contribution is 2.45. The van der Waals surface area contributed by atoms with Gasteiger partial charge >= 0.3 is 0 Å². The standard InChI is InChI=1S/C18H27NO/c1-7-14(4)19-17-8-12(2)15(11-20)9-16(17)13(3)10-18(19,5)6/h8-9,11,13-14H,7,10H2,1-6H3/t13-,14+/m1/s1. The molecule has 110 valence electrons. The number of aldehydes is 1. The van der Waals surface area contributed by atoms with Gasteiger partial charge in [0, 0.05) is 22.8 Å². The Labute approximate surface area is 123 Å². The molecule has 1 aliphatic rings. The van der Waals surface area contributed by atoms with Crippen LogP contribution in [0.3, 0.4) is 0 Å². The Morgan fingerprint density at radius 3 is 2.65 bits per heavy atom. The van der Waals surface area contributed by atoms with E-state index < -0.39 is 0 Å². The van der Waals surface area contributed by atoms with Crippen molar-refractivity contribution < 1.29 is 4.79 Å². The monoisotopic (exact) mass is 273 g/mol. The molecular weight excluding hydrogens is 246 g/mol. The third-order valence-corrected chi connectivity index (χ3v) is 4.82. The van der Waals surface area contributed by atoms with Crippen LogP contribution in [0.5, 0.6) is 0 Å². The van der Waals surface area contributed by atoms with Crippen molar-refractivity contribution in [1.29, 1.82) is 0 Å². The van der Waals surface area contributed by atoms with Crippen LogP contribution < -0.4 is 4.90 Å². The van der Waals surface area contributed by atoms with Crippen molar-refractivity contribution in [1.82, 2.24) is 0 Å². The molecule has 0 spiro atoms. The Kier molecular flexibility index (Phi) is 3.95. The molecule has 0 aromatic heterocycles. The van der Waals surface area contributed by atoms with Gasteiger partial charge in [-0.1, -0.05) is 13.8 Å². The maximum atomic E-state index is 11.2. The van der Waals surface area contributed by atoms with E-state index in [1.807, 2.05) is 6.92 Å². The lowest BCUT2D eigenvalue weighted by Crippen LogP contribution is -2.52. The van der Waals surface area contributed by atoms with Crippen molar-refractivity contribution in [2.24, 2.45) is 0 Å². The summed E-state index contributed by atoms with van der Waals surface area (Å²) >= 11 is 0. The summed E-state index contributed by atoms with van der Waals surface area (Å²) in [5.41, 5.74) is 4.73. The Morgan fingerprint density at radius 2 is 2.10 bits per heavy atom. The van der Waals surface area contributed by atoms with Crippen LogP contribution in [0.2, 0.25) is 0 Å². The average molecular weight is 273 g/mol. The summed E-state index contributed by atoms with van der Waals surface area (Å²) < 4.78 is 0.